The number of carbonyl (C=O) groups is 1. The van der Waals surface area contributed by atoms with E-state index >= 15 is 0 Å². The molecule has 0 bridgehead atoms. The van der Waals surface area contributed by atoms with Gasteiger partial charge in [-0.25, -0.2) is 8.42 Å². The third-order valence-electron chi connectivity index (χ3n) is 2.42. The predicted octanol–water partition coefficient (Wildman–Crippen LogP) is -0.248. The zero-order chi connectivity index (χ0) is 13.8. The summed E-state index contributed by atoms with van der Waals surface area (Å²) >= 11 is 0. The smallest absolute Gasteiger partial charge is 0.252 e. The molecular weight excluding hydrogens is 256 g/mol. The number of nitrogen functional groups attached to an aromatic ring is 1. The zero-order valence-electron chi connectivity index (χ0n) is 9.96. The predicted molar refractivity (Wildman–Crippen MR) is 68.7 cm³/mol. The first-order valence-corrected chi connectivity index (χ1v) is 7.07. The van der Waals surface area contributed by atoms with Gasteiger partial charge in [-0.3, -0.25) is 4.79 Å². The van der Waals surface area contributed by atoms with Crippen LogP contribution in [0.3, 0.4) is 0 Å². The second-order valence-corrected chi connectivity index (χ2v) is 6.27. The highest BCUT2D eigenvalue weighted by Crippen LogP contribution is 2.06. The van der Waals surface area contributed by atoms with Crippen LogP contribution in [0.5, 0.6) is 0 Å². The van der Waals surface area contributed by atoms with Crippen LogP contribution in [-0.4, -0.2) is 37.2 Å². The normalized spacial score (nSPS) is 13.0. The van der Waals surface area contributed by atoms with Crippen LogP contribution in [0.1, 0.15) is 17.3 Å². The van der Waals surface area contributed by atoms with Crippen molar-refractivity contribution in [2.45, 2.75) is 12.3 Å². The van der Waals surface area contributed by atoms with E-state index in [1.807, 2.05) is 0 Å². The number of nitrogens with two attached hydrogens (primary N) is 1. The number of hydrogen-bond donors (Lipinski definition) is 3. The molecule has 1 aromatic rings. The van der Waals surface area contributed by atoms with E-state index in [-0.39, 0.29) is 5.75 Å². The Balaban J connectivity index is 2.73. The van der Waals surface area contributed by atoms with Crippen molar-refractivity contribution in [2.75, 3.05) is 18.1 Å². The topological polar surface area (TPSA) is 109 Å². The molecule has 0 fully saturated rings. The van der Waals surface area contributed by atoms with E-state index < -0.39 is 27.7 Å². The summed E-state index contributed by atoms with van der Waals surface area (Å²) in [5, 5.41) is 9.94. The van der Waals surface area contributed by atoms with E-state index in [1.165, 1.54) is 19.1 Å². The van der Waals surface area contributed by atoms with Gasteiger partial charge in [0.2, 0.25) is 0 Å². The second-order valence-electron chi connectivity index (χ2n) is 3.83. The van der Waals surface area contributed by atoms with E-state index in [9.17, 15) is 13.2 Å². The fraction of sp³-hybridized carbons (Fsp3) is 0.364. The van der Waals surface area contributed by atoms with Gasteiger partial charge in [0.1, 0.15) is 5.37 Å². The molecule has 6 nitrogen and oxygen atoms in total. The first kappa shape index (κ1) is 14.5. The number of benzene rings is 1. The van der Waals surface area contributed by atoms with Gasteiger partial charge < -0.3 is 16.2 Å². The highest BCUT2D eigenvalue weighted by atomic mass is 32.2. The van der Waals surface area contributed by atoms with Crippen molar-refractivity contribution in [1.29, 1.82) is 0 Å². The lowest BCUT2D eigenvalue weighted by Crippen LogP contribution is -2.40. The van der Waals surface area contributed by atoms with Crippen LogP contribution in [-0.2, 0) is 9.84 Å². The molecule has 18 heavy (non-hydrogen) atoms. The summed E-state index contributed by atoms with van der Waals surface area (Å²) < 4.78 is 23.1. The standard InChI is InChI=1S/C11H16N2O4S/c1-8(18(16,17)7-6-14)13-11(15)9-2-4-10(12)5-3-9/h2-5,8,14H,6-7,12H2,1H3,(H,13,15). The molecule has 0 aliphatic heterocycles. The van der Waals surface area contributed by atoms with Crippen molar-refractivity contribution in [3.8, 4) is 0 Å². The van der Waals surface area contributed by atoms with Gasteiger partial charge in [0.15, 0.2) is 9.84 Å². The molecule has 0 aliphatic carbocycles. The monoisotopic (exact) mass is 272 g/mol. The van der Waals surface area contributed by atoms with Crippen LogP contribution in [0.2, 0.25) is 0 Å². The molecule has 0 saturated carbocycles. The number of aliphatic hydroxyl groups is 1. The molecule has 7 heteroatoms. The van der Waals surface area contributed by atoms with Gasteiger partial charge in [-0.05, 0) is 31.2 Å². The molecule has 0 aromatic heterocycles. The van der Waals surface area contributed by atoms with Crippen LogP contribution in [0, 0.1) is 0 Å². The van der Waals surface area contributed by atoms with Crippen molar-refractivity contribution in [1.82, 2.24) is 5.32 Å². The molecule has 0 spiro atoms. The second kappa shape index (κ2) is 5.83. The molecule has 1 unspecified atom stereocenters. The van der Waals surface area contributed by atoms with Gasteiger partial charge >= 0.3 is 0 Å². The number of carbonyl (C=O) groups excluding carboxylic acids is 1. The lowest BCUT2D eigenvalue weighted by Gasteiger charge is -2.14. The van der Waals surface area contributed by atoms with Crippen molar-refractivity contribution < 1.29 is 18.3 Å². The Morgan fingerprint density at radius 1 is 1.39 bits per heavy atom. The molecule has 4 N–H and O–H groups in total. The Bertz CT molecular complexity index is 510. The Labute approximate surface area is 106 Å². The van der Waals surface area contributed by atoms with Crippen LogP contribution in [0.4, 0.5) is 5.69 Å². The molecule has 0 radical (unpaired) electrons. The number of aliphatic hydroxyl groups excluding tert-OH is 1. The van der Waals surface area contributed by atoms with Crippen LogP contribution in [0.25, 0.3) is 0 Å². The summed E-state index contributed by atoms with van der Waals surface area (Å²) in [6, 6.07) is 6.13. The Hall–Kier alpha value is -1.60. The molecule has 1 atom stereocenters. The first-order valence-electron chi connectivity index (χ1n) is 5.35. The maximum absolute atomic E-state index is 11.7. The van der Waals surface area contributed by atoms with E-state index in [1.54, 1.807) is 12.1 Å². The van der Waals surface area contributed by atoms with E-state index in [4.69, 9.17) is 10.8 Å². The number of anilines is 1. The number of hydrogen-bond acceptors (Lipinski definition) is 5. The van der Waals surface area contributed by atoms with Crippen LogP contribution >= 0.6 is 0 Å². The lowest BCUT2D eigenvalue weighted by molar-refractivity contribution is 0.0950. The SMILES string of the molecule is CC(NC(=O)c1ccc(N)cc1)S(=O)(=O)CCO. The minimum Gasteiger partial charge on any atom is -0.399 e. The summed E-state index contributed by atoms with van der Waals surface area (Å²) in [5.74, 6) is -0.875. The third-order valence-corrected chi connectivity index (χ3v) is 4.37. The summed E-state index contributed by atoms with van der Waals surface area (Å²) in [7, 11) is -3.53. The quantitative estimate of drug-likeness (QED) is 0.640. The van der Waals surface area contributed by atoms with Crippen LogP contribution in [0.15, 0.2) is 24.3 Å². The molecule has 1 aromatic carbocycles. The van der Waals surface area contributed by atoms with Crippen molar-refractivity contribution >= 4 is 21.4 Å². The summed E-state index contributed by atoms with van der Waals surface area (Å²) in [6.07, 6.45) is 0. The van der Waals surface area contributed by atoms with E-state index in [2.05, 4.69) is 5.32 Å². The lowest BCUT2D eigenvalue weighted by atomic mass is 10.2. The molecule has 0 heterocycles. The Morgan fingerprint density at radius 3 is 2.44 bits per heavy atom. The summed E-state index contributed by atoms with van der Waals surface area (Å²) in [4.78, 5) is 11.7. The summed E-state index contributed by atoms with van der Waals surface area (Å²) in [6.45, 7) is 0.893. The maximum Gasteiger partial charge on any atom is 0.252 e. The van der Waals surface area contributed by atoms with E-state index in [0.29, 0.717) is 11.3 Å². The molecule has 0 saturated heterocycles. The Morgan fingerprint density at radius 2 is 1.94 bits per heavy atom. The highest BCUT2D eigenvalue weighted by molar-refractivity contribution is 7.92. The van der Waals surface area contributed by atoms with Gasteiger partial charge in [-0.15, -0.1) is 0 Å². The molecule has 1 amide bonds. The third kappa shape index (κ3) is 3.71. The largest absolute Gasteiger partial charge is 0.399 e. The molecular formula is C11H16N2O4S. The Kier molecular flexibility index (Phi) is 4.69. The average Bonchev–Trinajstić information content (AvgIpc) is 2.29. The minimum absolute atomic E-state index is 0.329. The van der Waals surface area contributed by atoms with Crippen molar-refractivity contribution in [3.05, 3.63) is 29.8 Å². The summed E-state index contributed by atoms with van der Waals surface area (Å²) in [5.41, 5.74) is 6.33. The van der Waals surface area contributed by atoms with Crippen molar-refractivity contribution in [2.24, 2.45) is 0 Å². The fourth-order valence-corrected chi connectivity index (χ4v) is 2.19. The van der Waals surface area contributed by atoms with Gasteiger partial charge in [-0.2, -0.15) is 0 Å². The van der Waals surface area contributed by atoms with E-state index in [0.717, 1.165) is 0 Å². The first-order chi connectivity index (χ1) is 8.36. The van der Waals surface area contributed by atoms with Gasteiger partial charge in [-0.1, -0.05) is 0 Å². The van der Waals surface area contributed by atoms with Crippen LogP contribution < -0.4 is 11.1 Å². The molecule has 100 valence electrons. The van der Waals surface area contributed by atoms with Gasteiger partial charge in [0.25, 0.3) is 5.91 Å². The number of rotatable bonds is 5. The number of nitrogens with one attached hydrogen (secondary N) is 1. The highest BCUT2D eigenvalue weighted by Gasteiger charge is 2.22. The van der Waals surface area contributed by atoms with Crippen molar-refractivity contribution in [3.63, 3.8) is 0 Å². The number of sulfone groups is 1. The zero-order valence-corrected chi connectivity index (χ0v) is 10.8. The average molecular weight is 272 g/mol. The van der Waals surface area contributed by atoms with Gasteiger partial charge in [0.05, 0.1) is 12.4 Å². The number of amides is 1. The minimum atomic E-state index is -3.53. The fourth-order valence-electron chi connectivity index (χ4n) is 1.30. The van der Waals surface area contributed by atoms with Gasteiger partial charge in [0, 0.05) is 11.3 Å². The molecule has 0 aliphatic rings. The molecule has 1 rings (SSSR count). The maximum atomic E-state index is 11.7.